The molecular formula is C25H28ClN3O2. The van der Waals surface area contributed by atoms with E-state index in [0.717, 1.165) is 48.5 Å². The maximum absolute atomic E-state index is 12.7. The van der Waals surface area contributed by atoms with Gasteiger partial charge in [-0.1, -0.05) is 41.4 Å². The number of halogens is 1. The van der Waals surface area contributed by atoms with Gasteiger partial charge in [-0.25, -0.2) is 4.98 Å². The molecule has 162 valence electrons. The maximum Gasteiger partial charge on any atom is 0.226 e. The van der Waals surface area contributed by atoms with Gasteiger partial charge in [-0.15, -0.1) is 0 Å². The fourth-order valence-corrected chi connectivity index (χ4v) is 4.08. The number of hydrogen-bond donors (Lipinski definition) is 1. The number of aryl methyl sites for hydroxylation is 2. The topological polar surface area (TPSA) is 58.4 Å². The molecule has 5 nitrogen and oxygen atoms in total. The number of oxazole rings is 1. The molecule has 1 amide bonds. The Morgan fingerprint density at radius 3 is 2.65 bits per heavy atom. The molecule has 6 heteroatoms. The summed E-state index contributed by atoms with van der Waals surface area (Å²) in [7, 11) is 0. The van der Waals surface area contributed by atoms with Crippen LogP contribution in [0.1, 0.15) is 35.4 Å². The van der Waals surface area contributed by atoms with Gasteiger partial charge >= 0.3 is 0 Å². The summed E-state index contributed by atoms with van der Waals surface area (Å²) < 4.78 is 5.89. The fraction of sp³-hybridized carbons (Fsp3) is 0.360. The number of nitrogens with zero attached hydrogens (tertiary/aromatic N) is 2. The number of carbonyl (C=O) groups excluding carboxylic acids is 1. The van der Waals surface area contributed by atoms with Crippen molar-refractivity contribution in [3.63, 3.8) is 0 Å². The number of likely N-dealkylation sites (tertiary alicyclic amines) is 1. The molecule has 0 radical (unpaired) electrons. The van der Waals surface area contributed by atoms with E-state index >= 15 is 0 Å². The molecule has 4 rings (SSSR count). The third-order valence-corrected chi connectivity index (χ3v) is 6.07. The van der Waals surface area contributed by atoms with Crippen LogP contribution in [-0.2, 0) is 17.9 Å². The Kier molecular flexibility index (Phi) is 6.73. The van der Waals surface area contributed by atoms with Gasteiger partial charge in [-0.05, 0) is 63.1 Å². The van der Waals surface area contributed by atoms with Crippen molar-refractivity contribution in [2.75, 3.05) is 13.1 Å². The van der Waals surface area contributed by atoms with Gasteiger partial charge in [0.1, 0.15) is 5.76 Å². The third kappa shape index (κ3) is 5.54. The van der Waals surface area contributed by atoms with Crippen LogP contribution >= 0.6 is 11.6 Å². The lowest BCUT2D eigenvalue weighted by Crippen LogP contribution is -2.42. The van der Waals surface area contributed by atoms with Crippen LogP contribution in [0.2, 0.25) is 5.02 Å². The molecule has 1 aliphatic rings. The van der Waals surface area contributed by atoms with E-state index in [0.29, 0.717) is 24.0 Å². The van der Waals surface area contributed by atoms with Crippen LogP contribution in [0.3, 0.4) is 0 Å². The summed E-state index contributed by atoms with van der Waals surface area (Å²) in [6.07, 6.45) is 1.92. The van der Waals surface area contributed by atoms with E-state index in [1.165, 1.54) is 5.56 Å². The standard InChI is InChI=1S/C25H28ClN3O2/c1-17-5-7-19(8-6-17)14-27-24(30)21-4-3-13-29(15-21)16-23-18(2)31-25(28-23)20-9-11-22(26)12-10-20/h5-12,21H,3-4,13-16H2,1-2H3,(H,27,30). The molecule has 0 aliphatic carbocycles. The van der Waals surface area contributed by atoms with Gasteiger partial charge in [0.15, 0.2) is 0 Å². The van der Waals surface area contributed by atoms with Gasteiger partial charge < -0.3 is 9.73 Å². The Labute approximate surface area is 188 Å². The summed E-state index contributed by atoms with van der Waals surface area (Å²) in [4.78, 5) is 19.7. The van der Waals surface area contributed by atoms with Gasteiger partial charge in [0.25, 0.3) is 0 Å². The summed E-state index contributed by atoms with van der Waals surface area (Å²) >= 11 is 5.98. The summed E-state index contributed by atoms with van der Waals surface area (Å²) in [5.41, 5.74) is 4.18. The first kappa shape index (κ1) is 21.6. The molecule has 1 atom stereocenters. The minimum absolute atomic E-state index is 0.00198. The van der Waals surface area contributed by atoms with Crippen molar-refractivity contribution in [1.29, 1.82) is 0 Å². The largest absolute Gasteiger partial charge is 0.441 e. The molecule has 1 saturated heterocycles. The first-order valence-electron chi connectivity index (χ1n) is 10.8. The number of nitrogens with one attached hydrogen (secondary N) is 1. The van der Waals surface area contributed by atoms with Crippen LogP contribution in [-0.4, -0.2) is 28.9 Å². The second-order valence-corrected chi connectivity index (χ2v) is 8.74. The summed E-state index contributed by atoms with van der Waals surface area (Å²) in [5, 5.41) is 3.79. The van der Waals surface area contributed by atoms with E-state index < -0.39 is 0 Å². The summed E-state index contributed by atoms with van der Waals surface area (Å²) in [6.45, 7) is 6.96. The summed E-state index contributed by atoms with van der Waals surface area (Å²) in [5.74, 6) is 1.55. The van der Waals surface area contributed by atoms with Crippen molar-refractivity contribution in [1.82, 2.24) is 15.2 Å². The minimum Gasteiger partial charge on any atom is -0.441 e. The predicted octanol–water partition coefficient (Wildman–Crippen LogP) is 5.14. The average molecular weight is 438 g/mol. The van der Waals surface area contributed by atoms with Crippen molar-refractivity contribution in [2.24, 2.45) is 5.92 Å². The zero-order valence-corrected chi connectivity index (χ0v) is 18.8. The van der Waals surface area contributed by atoms with Crippen LogP contribution < -0.4 is 5.32 Å². The second kappa shape index (κ2) is 9.67. The van der Waals surface area contributed by atoms with Crippen LogP contribution in [0.5, 0.6) is 0 Å². The maximum atomic E-state index is 12.7. The molecule has 3 aromatic rings. The van der Waals surface area contributed by atoms with Crippen LogP contribution in [0, 0.1) is 19.8 Å². The highest BCUT2D eigenvalue weighted by Gasteiger charge is 2.27. The second-order valence-electron chi connectivity index (χ2n) is 8.31. The monoisotopic (exact) mass is 437 g/mol. The lowest BCUT2D eigenvalue weighted by molar-refractivity contribution is -0.127. The molecule has 0 bridgehead atoms. The predicted molar refractivity (Wildman–Crippen MR) is 123 cm³/mol. The average Bonchev–Trinajstić information content (AvgIpc) is 3.14. The highest BCUT2D eigenvalue weighted by atomic mass is 35.5. The molecular weight excluding hydrogens is 410 g/mol. The molecule has 0 saturated carbocycles. The first-order valence-corrected chi connectivity index (χ1v) is 11.1. The van der Waals surface area contributed by atoms with Crippen molar-refractivity contribution in [3.05, 3.63) is 76.1 Å². The van der Waals surface area contributed by atoms with Crippen molar-refractivity contribution in [2.45, 2.75) is 39.8 Å². The SMILES string of the molecule is Cc1ccc(CNC(=O)C2CCCN(Cc3nc(-c4ccc(Cl)cc4)oc3C)C2)cc1. The summed E-state index contributed by atoms with van der Waals surface area (Å²) in [6, 6.07) is 15.8. The zero-order chi connectivity index (χ0) is 21.8. The number of carbonyl (C=O) groups is 1. The minimum atomic E-state index is 0.00198. The fourth-order valence-electron chi connectivity index (χ4n) is 3.96. The number of rotatable bonds is 6. The zero-order valence-electron chi connectivity index (χ0n) is 18.0. The molecule has 1 N–H and O–H groups in total. The van der Waals surface area contributed by atoms with Gasteiger partial charge in [0.2, 0.25) is 11.8 Å². The molecule has 31 heavy (non-hydrogen) atoms. The molecule has 2 heterocycles. The normalized spacial score (nSPS) is 16.9. The lowest BCUT2D eigenvalue weighted by Gasteiger charge is -2.31. The highest BCUT2D eigenvalue weighted by Crippen LogP contribution is 2.25. The van der Waals surface area contributed by atoms with Crippen molar-refractivity contribution in [3.8, 4) is 11.5 Å². The molecule has 2 aromatic carbocycles. The van der Waals surface area contributed by atoms with E-state index in [1.807, 2.05) is 31.2 Å². The molecule has 1 unspecified atom stereocenters. The number of benzene rings is 2. The van der Waals surface area contributed by atoms with Crippen LogP contribution in [0.15, 0.2) is 52.9 Å². The van der Waals surface area contributed by atoms with Gasteiger partial charge in [0.05, 0.1) is 11.6 Å². The van der Waals surface area contributed by atoms with E-state index in [9.17, 15) is 4.79 Å². The number of amides is 1. The first-order chi connectivity index (χ1) is 15.0. The lowest BCUT2D eigenvalue weighted by atomic mass is 9.97. The Morgan fingerprint density at radius 1 is 1.16 bits per heavy atom. The van der Waals surface area contributed by atoms with E-state index in [4.69, 9.17) is 21.0 Å². The molecule has 0 spiro atoms. The van der Waals surface area contributed by atoms with Crippen LogP contribution in [0.25, 0.3) is 11.5 Å². The van der Waals surface area contributed by atoms with E-state index in [2.05, 4.69) is 41.4 Å². The number of hydrogen-bond acceptors (Lipinski definition) is 4. The molecule has 1 aliphatic heterocycles. The Morgan fingerprint density at radius 2 is 1.90 bits per heavy atom. The highest BCUT2D eigenvalue weighted by molar-refractivity contribution is 6.30. The Balaban J connectivity index is 1.35. The van der Waals surface area contributed by atoms with Crippen LogP contribution in [0.4, 0.5) is 0 Å². The number of aromatic nitrogens is 1. The smallest absolute Gasteiger partial charge is 0.226 e. The quantitative estimate of drug-likeness (QED) is 0.580. The number of piperidine rings is 1. The van der Waals surface area contributed by atoms with Gasteiger partial charge in [-0.3, -0.25) is 9.69 Å². The van der Waals surface area contributed by atoms with Gasteiger partial charge in [-0.2, -0.15) is 0 Å². The molecule has 1 fully saturated rings. The molecule has 1 aromatic heterocycles. The Bertz CT molecular complexity index is 1030. The van der Waals surface area contributed by atoms with E-state index in [-0.39, 0.29) is 11.8 Å². The third-order valence-electron chi connectivity index (χ3n) is 5.82. The van der Waals surface area contributed by atoms with Gasteiger partial charge in [0, 0.05) is 30.2 Å². The van der Waals surface area contributed by atoms with E-state index in [1.54, 1.807) is 0 Å². The van der Waals surface area contributed by atoms with Crippen molar-refractivity contribution < 1.29 is 9.21 Å². The Hall–Kier alpha value is -2.63. The van der Waals surface area contributed by atoms with Crippen molar-refractivity contribution >= 4 is 17.5 Å².